The summed E-state index contributed by atoms with van der Waals surface area (Å²) in [5.41, 5.74) is -0.841. The third kappa shape index (κ3) is 4.38. The molecule has 5 nitrogen and oxygen atoms in total. The molecule has 2 aromatic carbocycles. The van der Waals surface area contributed by atoms with Crippen molar-refractivity contribution in [1.82, 2.24) is 4.98 Å². The lowest BCUT2D eigenvalue weighted by molar-refractivity contribution is -0.138. The molecule has 0 aliphatic carbocycles. The molecule has 1 fully saturated rings. The van der Waals surface area contributed by atoms with Gasteiger partial charge < -0.3 is 14.8 Å². The molecular formula is C22H21F3N2O3S. The molecule has 3 aromatic rings. The van der Waals surface area contributed by atoms with Crippen molar-refractivity contribution < 1.29 is 27.4 Å². The van der Waals surface area contributed by atoms with Gasteiger partial charge in [0.25, 0.3) is 0 Å². The SMILES string of the molecule is CCOc1ccc2nc(NC(=O)C3(c4cccc(C(F)(F)F)c4)CCOCC3)sc2c1. The number of anilines is 1. The van der Waals surface area contributed by atoms with Crippen LogP contribution in [0.4, 0.5) is 18.3 Å². The van der Waals surface area contributed by atoms with E-state index in [1.165, 1.54) is 17.4 Å². The number of halogens is 3. The summed E-state index contributed by atoms with van der Waals surface area (Å²) in [4.78, 5) is 17.8. The number of nitrogens with one attached hydrogen (secondary N) is 1. The molecule has 4 rings (SSSR count). The summed E-state index contributed by atoms with van der Waals surface area (Å²) in [5, 5.41) is 3.24. The van der Waals surface area contributed by atoms with Crippen LogP contribution in [-0.2, 0) is 21.1 Å². The first-order chi connectivity index (χ1) is 14.8. The van der Waals surface area contributed by atoms with Gasteiger partial charge in [-0.1, -0.05) is 29.5 Å². The fourth-order valence-corrected chi connectivity index (χ4v) is 4.68. The third-order valence-corrected chi connectivity index (χ3v) is 6.35. The van der Waals surface area contributed by atoms with E-state index in [-0.39, 0.29) is 5.91 Å². The molecule has 0 atom stereocenters. The Morgan fingerprint density at radius 1 is 1.23 bits per heavy atom. The molecule has 31 heavy (non-hydrogen) atoms. The Balaban J connectivity index is 1.66. The van der Waals surface area contributed by atoms with E-state index in [0.717, 1.165) is 16.8 Å². The van der Waals surface area contributed by atoms with E-state index >= 15 is 0 Å². The summed E-state index contributed by atoms with van der Waals surface area (Å²) in [6, 6.07) is 10.5. The van der Waals surface area contributed by atoms with Crippen LogP contribution in [0.2, 0.25) is 0 Å². The normalized spacial score (nSPS) is 16.3. The van der Waals surface area contributed by atoms with E-state index in [2.05, 4.69) is 10.3 Å². The lowest BCUT2D eigenvalue weighted by atomic mass is 9.73. The van der Waals surface area contributed by atoms with Gasteiger partial charge in [-0.3, -0.25) is 4.79 Å². The molecule has 1 N–H and O–H groups in total. The lowest BCUT2D eigenvalue weighted by Gasteiger charge is -2.36. The van der Waals surface area contributed by atoms with E-state index in [4.69, 9.17) is 9.47 Å². The van der Waals surface area contributed by atoms with Crippen LogP contribution < -0.4 is 10.1 Å². The highest BCUT2D eigenvalue weighted by Crippen LogP contribution is 2.40. The average molecular weight is 450 g/mol. The molecule has 1 amide bonds. The van der Waals surface area contributed by atoms with Crippen LogP contribution in [0.1, 0.15) is 30.9 Å². The van der Waals surface area contributed by atoms with Crippen LogP contribution >= 0.6 is 11.3 Å². The molecule has 9 heteroatoms. The van der Waals surface area contributed by atoms with Crippen LogP contribution in [0, 0.1) is 0 Å². The average Bonchev–Trinajstić information content (AvgIpc) is 3.15. The minimum atomic E-state index is -4.48. The quantitative estimate of drug-likeness (QED) is 0.565. The predicted molar refractivity (Wildman–Crippen MR) is 113 cm³/mol. The van der Waals surface area contributed by atoms with Gasteiger partial charge in [0.15, 0.2) is 5.13 Å². The Hall–Kier alpha value is -2.65. The molecule has 1 saturated heterocycles. The van der Waals surface area contributed by atoms with Crippen molar-refractivity contribution in [2.45, 2.75) is 31.4 Å². The van der Waals surface area contributed by atoms with Gasteiger partial charge in [-0.15, -0.1) is 0 Å². The first-order valence-corrected chi connectivity index (χ1v) is 10.7. The Labute approximate surface area is 181 Å². The molecule has 1 aromatic heterocycles. The lowest BCUT2D eigenvalue weighted by Crippen LogP contribution is -2.45. The van der Waals surface area contributed by atoms with Gasteiger partial charge in [-0.25, -0.2) is 4.98 Å². The van der Waals surface area contributed by atoms with Gasteiger partial charge in [0, 0.05) is 13.2 Å². The van der Waals surface area contributed by atoms with Gasteiger partial charge in [0.2, 0.25) is 5.91 Å². The van der Waals surface area contributed by atoms with Crippen LogP contribution in [0.3, 0.4) is 0 Å². The van der Waals surface area contributed by atoms with E-state index in [1.807, 2.05) is 19.1 Å². The monoisotopic (exact) mass is 450 g/mol. The van der Waals surface area contributed by atoms with E-state index in [0.29, 0.717) is 54.6 Å². The zero-order valence-corrected chi connectivity index (χ0v) is 17.6. The van der Waals surface area contributed by atoms with E-state index in [9.17, 15) is 18.0 Å². The fourth-order valence-electron chi connectivity index (χ4n) is 3.79. The van der Waals surface area contributed by atoms with Crippen molar-refractivity contribution in [1.29, 1.82) is 0 Å². The molecule has 1 aliphatic heterocycles. The van der Waals surface area contributed by atoms with Gasteiger partial charge in [-0.05, 0) is 49.6 Å². The fraction of sp³-hybridized carbons (Fsp3) is 0.364. The van der Waals surface area contributed by atoms with Crippen molar-refractivity contribution in [3.63, 3.8) is 0 Å². The number of aromatic nitrogens is 1. The zero-order valence-electron chi connectivity index (χ0n) is 16.8. The highest BCUT2D eigenvalue weighted by molar-refractivity contribution is 7.22. The molecule has 0 saturated carbocycles. The molecule has 164 valence electrons. The second kappa shape index (κ2) is 8.47. The molecule has 0 bridgehead atoms. The predicted octanol–water partition coefficient (Wildman–Crippen LogP) is 5.40. The number of alkyl halides is 3. The molecule has 1 aliphatic rings. The van der Waals surface area contributed by atoms with Gasteiger partial charge >= 0.3 is 6.18 Å². The number of benzene rings is 2. The van der Waals surface area contributed by atoms with Crippen LogP contribution in [0.25, 0.3) is 10.2 Å². The highest BCUT2D eigenvalue weighted by Gasteiger charge is 2.43. The van der Waals surface area contributed by atoms with Crippen molar-refractivity contribution in [3.8, 4) is 5.75 Å². The smallest absolute Gasteiger partial charge is 0.416 e. The number of hydrogen-bond donors (Lipinski definition) is 1. The number of thiazole rings is 1. The largest absolute Gasteiger partial charge is 0.494 e. The van der Waals surface area contributed by atoms with Crippen LogP contribution in [0.5, 0.6) is 5.75 Å². The maximum atomic E-state index is 13.4. The van der Waals surface area contributed by atoms with Crippen molar-refractivity contribution in [3.05, 3.63) is 53.6 Å². The zero-order chi connectivity index (χ0) is 22.1. The van der Waals surface area contributed by atoms with Crippen LogP contribution in [0.15, 0.2) is 42.5 Å². The Morgan fingerprint density at radius 2 is 2.00 bits per heavy atom. The standard InChI is InChI=1S/C22H21F3N2O3S/c1-2-30-16-6-7-17-18(13-16)31-20(26-17)27-19(28)21(8-10-29-11-9-21)14-4-3-5-15(12-14)22(23,24)25/h3-7,12-13H,2,8-11H2,1H3,(H,26,27,28). The summed E-state index contributed by atoms with van der Waals surface area (Å²) in [6.45, 7) is 3.02. The number of nitrogens with zero attached hydrogens (tertiary/aromatic N) is 1. The van der Waals surface area contributed by atoms with E-state index in [1.54, 1.807) is 12.1 Å². The maximum absolute atomic E-state index is 13.4. The Morgan fingerprint density at radius 3 is 2.71 bits per heavy atom. The number of carbonyl (C=O) groups is 1. The number of rotatable bonds is 5. The number of ether oxygens (including phenoxy) is 2. The van der Waals surface area contributed by atoms with Gasteiger partial charge in [0.05, 0.1) is 27.8 Å². The first-order valence-electron chi connectivity index (χ1n) is 9.92. The number of carbonyl (C=O) groups excluding carboxylic acids is 1. The van der Waals surface area contributed by atoms with Crippen molar-refractivity contribution >= 4 is 32.6 Å². The Kier molecular flexibility index (Phi) is 5.90. The molecule has 0 unspecified atom stereocenters. The highest BCUT2D eigenvalue weighted by atomic mass is 32.1. The summed E-state index contributed by atoms with van der Waals surface area (Å²) in [6.07, 6.45) is -3.90. The number of hydrogen-bond acceptors (Lipinski definition) is 5. The first kappa shape index (κ1) is 21.6. The minimum absolute atomic E-state index is 0.291. The van der Waals surface area contributed by atoms with Gasteiger partial charge in [-0.2, -0.15) is 13.2 Å². The van der Waals surface area contributed by atoms with E-state index < -0.39 is 17.2 Å². The molecule has 0 radical (unpaired) electrons. The van der Waals surface area contributed by atoms with Crippen molar-refractivity contribution in [2.24, 2.45) is 0 Å². The summed E-state index contributed by atoms with van der Waals surface area (Å²) < 4.78 is 51.6. The Bertz CT molecular complexity index is 1090. The minimum Gasteiger partial charge on any atom is -0.494 e. The van der Waals surface area contributed by atoms with Crippen molar-refractivity contribution in [2.75, 3.05) is 25.1 Å². The molecule has 0 spiro atoms. The maximum Gasteiger partial charge on any atom is 0.416 e. The summed E-state index contributed by atoms with van der Waals surface area (Å²) in [5.74, 6) is 0.334. The molecule has 2 heterocycles. The second-order valence-corrected chi connectivity index (χ2v) is 8.34. The topological polar surface area (TPSA) is 60.5 Å². The molecular weight excluding hydrogens is 429 g/mol. The summed E-state index contributed by atoms with van der Waals surface area (Å²) >= 11 is 1.30. The number of amides is 1. The third-order valence-electron chi connectivity index (χ3n) is 5.41. The second-order valence-electron chi connectivity index (χ2n) is 7.31. The van der Waals surface area contributed by atoms with Crippen LogP contribution in [-0.4, -0.2) is 30.7 Å². The number of fused-ring (bicyclic) bond motifs is 1. The summed E-state index contributed by atoms with van der Waals surface area (Å²) in [7, 11) is 0. The van der Waals surface area contributed by atoms with Gasteiger partial charge in [0.1, 0.15) is 5.75 Å².